The average molecular weight is 185 g/mol. The number of piperidine rings is 1. The summed E-state index contributed by atoms with van der Waals surface area (Å²) in [6.07, 6.45) is 0.681. The second kappa shape index (κ2) is 4.00. The molecule has 1 saturated heterocycles. The fourth-order valence-electron chi connectivity index (χ4n) is 1.53. The number of rotatable bonds is 1. The second-order valence-electron chi connectivity index (χ2n) is 3.23. The molecule has 2 atom stereocenters. The molecule has 13 heavy (non-hydrogen) atoms. The van der Waals surface area contributed by atoms with Crippen molar-refractivity contribution in [2.75, 3.05) is 6.54 Å². The molecule has 1 aliphatic rings. The number of likely N-dealkylation sites (tertiary alicyclic amines) is 1. The summed E-state index contributed by atoms with van der Waals surface area (Å²) in [6.45, 7) is 2.24. The van der Waals surface area contributed by atoms with Crippen LogP contribution < -0.4 is 4.91 Å². The molecule has 2 unspecified atom stereocenters. The molecule has 0 bridgehead atoms. The van der Waals surface area contributed by atoms with Crippen molar-refractivity contribution >= 4 is 6.09 Å². The van der Waals surface area contributed by atoms with Gasteiger partial charge >= 0.3 is 6.09 Å². The van der Waals surface area contributed by atoms with Crippen molar-refractivity contribution in [3.63, 3.8) is 0 Å². The Bertz CT molecular complexity index is 249. The smallest absolute Gasteiger partial charge is 0.407 e. The van der Waals surface area contributed by atoms with Crippen LogP contribution in [0.1, 0.15) is 19.8 Å². The summed E-state index contributed by atoms with van der Waals surface area (Å²) >= 11 is 0. The van der Waals surface area contributed by atoms with Gasteiger partial charge in [0.1, 0.15) is 10.6 Å². The van der Waals surface area contributed by atoms with Crippen LogP contribution in [0.5, 0.6) is 0 Å². The molecule has 72 valence electrons. The standard InChI is InChI=1S/C7H12N4O2/c1-5-2-3-6(9-10-8)4-11(5)7(12)13/h5-6,8H,2-4H2,1H3/p+1. The van der Waals surface area contributed by atoms with Gasteiger partial charge in [0.25, 0.3) is 0 Å². The lowest BCUT2D eigenvalue weighted by atomic mass is 10.0. The van der Waals surface area contributed by atoms with E-state index in [9.17, 15) is 4.79 Å². The van der Waals surface area contributed by atoms with E-state index < -0.39 is 6.09 Å². The van der Waals surface area contributed by atoms with Gasteiger partial charge in [0.05, 0.1) is 6.54 Å². The van der Waals surface area contributed by atoms with E-state index in [2.05, 4.69) is 10.0 Å². The van der Waals surface area contributed by atoms with Crippen LogP contribution in [-0.2, 0) is 0 Å². The van der Waals surface area contributed by atoms with Crippen LogP contribution in [0.4, 0.5) is 4.79 Å². The highest BCUT2D eigenvalue weighted by molar-refractivity contribution is 5.65. The van der Waals surface area contributed by atoms with E-state index in [0.29, 0.717) is 6.54 Å². The summed E-state index contributed by atoms with van der Waals surface area (Å²) in [5.74, 6) is 0. The normalized spacial score (nSPS) is 27.9. The lowest BCUT2D eigenvalue weighted by Gasteiger charge is -2.32. The van der Waals surface area contributed by atoms with Crippen LogP contribution >= 0.6 is 0 Å². The molecule has 0 aliphatic carbocycles. The van der Waals surface area contributed by atoms with Gasteiger partial charge in [-0.15, -0.1) is 0 Å². The first-order chi connectivity index (χ1) is 6.15. The van der Waals surface area contributed by atoms with Crippen LogP contribution in [0.15, 0.2) is 5.11 Å². The van der Waals surface area contributed by atoms with Gasteiger partial charge in [-0.3, -0.25) is 0 Å². The fourth-order valence-corrected chi connectivity index (χ4v) is 1.53. The molecule has 0 aromatic heterocycles. The van der Waals surface area contributed by atoms with E-state index in [1.54, 1.807) is 0 Å². The first-order valence-electron chi connectivity index (χ1n) is 4.21. The molecule has 1 rings (SSSR count). The molecule has 0 saturated carbocycles. The minimum absolute atomic E-state index is 0.0506. The number of nitrogens with one attached hydrogen (secondary N) is 1. The molecular formula is C7H13N4O2+. The molecule has 2 N–H and O–H groups in total. The maximum Gasteiger partial charge on any atom is 0.407 e. The van der Waals surface area contributed by atoms with E-state index in [4.69, 9.17) is 10.6 Å². The zero-order chi connectivity index (χ0) is 9.84. The number of carboxylic acid groups (broad SMARTS) is 1. The topological polar surface area (TPSA) is 90.9 Å². The number of hydrogen-bond donors (Lipinski definition) is 2. The van der Waals surface area contributed by atoms with Crippen LogP contribution in [0, 0.1) is 5.53 Å². The monoisotopic (exact) mass is 185 g/mol. The Morgan fingerprint density at radius 2 is 2.38 bits per heavy atom. The first kappa shape index (κ1) is 9.67. The van der Waals surface area contributed by atoms with Gasteiger partial charge < -0.3 is 10.0 Å². The molecule has 1 amide bonds. The number of nitrogens with zero attached hydrogens (tertiary/aromatic N) is 3. The zero-order valence-corrected chi connectivity index (χ0v) is 7.47. The van der Waals surface area contributed by atoms with E-state index in [1.165, 1.54) is 4.90 Å². The van der Waals surface area contributed by atoms with Crippen molar-refractivity contribution in [1.29, 1.82) is 5.53 Å². The van der Waals surface area contributed by atoms with Gasteiger partial charge in [-0.05, 0) is 19.8 Å². The summed E-state index contributed by atoms with van der Waals surface area (Å²) < 4.78 is 0. The minimum atomic E-state index is -0.919. The largest absolute Gasteiger partial charge is 0.465 e. The highest BCUT2D eigenvalue weighted by Gasteiger charge is 2.30. The van der Waals surface area contributed by atoms with Crippen molar-refractivity contribution in [2.45, 2.75) is 31.8 Å². The maximum atomic E-state index is 10.7. The summed E-state index contributed by atoms with van der Waals surface area (Å²) in [5, 5.41) is 12.4. The van der Waals surface area contributed by atoms with Crippen molar-refractivity contribution in [3.8, 4) is 0 Å². The van der Waals surface area contributed by atoms with E-state index >= 15 is 0 Å². The maximum absolute atomic E-state index is 10.7. The summed E-state index contributed by atoms with van der Waals surface area (Å²) in [6, 6.07) is -0.0838. The van der Waals surface area contributed by atoms with Crippen molar-refractivity contribution in [2.24, 2.45) is 5.11 Å². The Hall–Kier alpha value is -1.42. The van der Waals surface area contributed by atoms with Crippen molar-refractivity contribution in [3.05, 3.63) is 0 Å². The van der Waals surface area contributed by atoms with Gasteiger partial charge in [0.15, 0.2) is 6.04 Å². The van der Waals surface area contributed by atoms with Crippen LogP contribution in [0.3, 0.4) is 0 Å². The molecule has 1 aliphatic heterocycles. The fraction of sp³-hybridized carbons (Fsp3) is 0.857. The van der Waals surface area contributed by atoms with Crippen LogP contribution in [0.25, 0.3) is 0 Å². The third-order valence-corrected chi connectivity index (χ3v) is 2.32. The average Bonchev–Trinajstić information content (AvgIpc) is 2.08. The molecule has 0 radical (unpaired) electrons. The molecule has 0 spiro atoms. The highest BCUT2D eigenvalue weighted by atomic mass is 16.4. The Balaban J connectivity index is 2.62. The Kier molecular flexibility index (Phi) is 2.97. The van der Waals surface area contributed by atoms with Gasteiger partial charge in [-0.2, -0.15) is 0 Å². The van der Waals surface area contributed by atoms with Gasteiger partial charge in [0, 0.05) is 6.04 Å². The quantitative estimate of drug-likeness (QED) is 0.472. The lowest BCUT2D eigenvalue weighted by Crippen LogP contribution is -2.46. The van der Waals surface area contributed by atoms with Crippen LogP contribution in [-0.4, -0.2) is 34.7 Å². The van der Waals surface area contributed by atoms with Gasteiger partial charge in [-0.25, -0.2) is 4.79 Å². The molecule has 6 heteroatoms. The lowest BCUT2D eigenvalue weighted by molar-refractivity contribution is 0.105. The number of amides is 1. The molecule has 1 fully saturated rings. The molecular weight excluding hydrogens is 172 g/mol. The third-order valence-electron chi connectivity index (χ3n) is 2.32. The Morgan fingerprint density at radius 3 is 2.92 bits per heavy atom. The van der Waals surface area contributed by atoms with Crippen molar-refractivity contribution < 1.29 is 9.90 Å². The molecule has 0 aromatic rings. The van der Waals surface area contributed by atoms with Gasteiger partial charge in [-0.1, -0.05) is 0 Å². The van der Waals surface area contributed by atoms with E-state index in [-0.39, 0.29) is 12.1 Å². The molecule has 0 aromatic carbocycles. The van der Waals surface area contributed by atoms with E-state index in [1.807, 2.05) is 6.92 Å². The Labute approximate surface area is 75.8 Å². The molecule has 1 heterocycles. The van der Waals surface area contributed by atoms with Gasteiger partial charge in [0.2, 0.25) is 4.91 Å². The predicted molar refractivity (Wildman–Crippen MR) is 44.5 cm³/mol. The van der Waals surface area contributed by atoms with E-state index in [0.717, 1.165) is 12.8 Å². The Morgan fingerprint density at radius 1 is 1.69 bits per heavy atom. The van der Waals surface area contributed by atoms with Crippen molar-refractivity contribution in [1.82, 2.24) is 9.81 Å². The summed E-state index contributed by atoms with van der Waals surface area (Å²) in [4.78, 5) is 15.0. The summed E-state index contributed by atoms with van der Waals surface area (Å²) in [7, 11) is 0. The number of carbonyl (C=O) groups is 1. The summed E-state index contributed by atoms with van der Waals surface area (Å²) in [5.41, 5.74) is 6.55. The second-order valence-corrected chi connectivity index (χ2v) is 3.23. The zero-order valence-electron chi connectivity index (χ0n) is 7.47. The molecule has 6 nitrogen and oxygen atoms in total. The third kappa shape index (κ3) is 2.26. The highest BCUT2D eigenvalue weighted by Crippen LogP contribution is 2.18. The SMILES string of the molecule is CC1CCC(N=[N+]=N)CN1C(=O)O. The van der Waals surface area contributed by atoms with Crippen LogP contribution in [0.2, 0.25) is 0 Å². The first-order valence-corrected chi connectivity index (χ1v) is 4.21. The predicted octanol–water partition coefficient (Wildman–Crippen LogP) is 1.07. The number of hydrogen-bond acceptors (Lipinski definition) is 3. The minimum Gasteiger partial charge on any atom is -0.465 e.